The van der Waals surface area contributed by atoms with E-state index < -0.39 is 0 Å². The van der Waals surface area contributed by atoms with Crippen LogP contribution < -0.4 is 24.8 Å². The first-order chi connectivity index (χ1) is 12.3. The smallest absolute Gasteiger partial charge is 0.0253 e. The number of halogens is 2. The van der Waals surface area contributed by atoms with E-state index in [4.69, 9.17) is 0 Å². The Morgan fingerprint density at radius 1 is 0.964 bits per heavy atom. The predicted octanol–water partition coefficient (Wildman–Crippen LogP) is 0.533. The molecule has 0 heterocycles. The van der Waals surface area contributed by atoms with Crippen LogP contribution in [0.2, 0.25) is 0 Å². The Morgan fingerprint density at radius 2 is 1.54 bits per heavy atom. The van der Waals surface area contributed by atoms with Gasteiger partial charge >= 0.3 is 41.3 Å². The Bertz CT molecular complexity index is 815. The van der Waals surface area contributed by atoms with Crippen molar-refractivity contribution in [1.29, 1.82) is 0 Å². The fourth-order valence-corrected chi connectivity index (χ4v) is 3.16. The maximum atomic E-state index is 3.36. The van der Waals surface area contributed by atoms with E-state index in [1.165, 1.54) is 42.2 Å². The SMILES string of the molecule is CC1=[C-]C(C)C(C)=C1C.C[C](C)=[Zr+2].[Cl-].[Cl-].[c-]1cccc2c1Cc1ccccc1-2. The molecule has 2 aliphatic carbocycles. The summed E-state index contributed by atoms with van der Waals surface area (Å²) in [5.74, 6) is 0.560. The van der Waals surface area contributed by atoms with Crippen molar-refractivity contribution in [2.24, 2.45) is 5.92 Å². The van der Waals surface area contributed by atoms with E-state index in [1.54, 1.807) is 24.2 Å². The molecule has 0 amide bonds. The second-order valence-corrected chi connectivity index (χ2v) is 9.65. The van der Waals surface area contributed by atoms with Crippen molar-refractivity contribution in [3.05, 3.63) is 82.5 Å². The molecule has 148 valence electrons. The summed E-state index contributed by atoms with van der Waals surface area (Å²) in [5, 5.41) is 0. The van der Waals surface area contributed by atoms with Crippen molar-refractivity contribution in [2.45, 2.75) is 48.0 Å². The molecule has 0 aromatic heterocycles. The Kier molecular flexibility index (Phi) is 12.4. The molecule has 4 rings (SSSR count). The van der Waals surface area contributed by atoms with E-state index in [-0.39, 0.29) is 24.8 Å². The number of benzene rings is 2. The molecule has 0 saturated carbocycles. The number of hydrogen-bond donors (Lipinski definition) is 0. The van der Waals surface area contributed by atoms with Crippen LogP contribution in [0.1, 0.15) is 52.7 Å². The number of fused-ring (bicyclic) bond motifs is 3. The number of allylic oxidation sites excluding steroid dienone is 4. The summed E-state index contributed by atoms with van der Waals surface area (Å²) < 4.78 is 1.51. The largest absolute Gasteiger partial charge is 1.00 e. The van der Waals surface area contributed by atoms with E-state index in [0.29, 0.717) is 5.92 Å². The van der Waals surface area contributed by atoms with Gasteiger partial charge in [0, 0.05) is 0 Å². The van der Waals surface area contributed by atoms with Crippen LogP contribution in [0.5, 0.6) is 0 Å². The molecule has 0 fully saturated rings. The topological polar surface area (TPSA) is 0 Å². The molecule has 0 spiro atoms. The van der Waals surface area contributed by atoms with Gasteiger partial charge in [-0.3, -0.25) is 6.08 Å². The Hall–Kier alpha value is -0.747. The standard InChI is InChI=1S/C13H9.C9H13.C3H6.2ClH.Zr/c1-3-7-12-10(5-1)9-11-6-2-4-8-13(11)12;1-6-5-7(2)9(4)8(6)3;1-3-2;;;/h1-5,7-8H,9H2;6H,1-4H3;1-2H3;2*1H;/q2*-1;;;;+2/p-2. The summed E-state index contributed by atoms with van der Waals surface area (Å²) >= 11 is 1.55. The molecule has 1 atom stereocenters. The molecular formula is C25H28Cl2Zr-2. The van der Waals surface area contributed by atoms with Crippen molar-refractivity contribution in [1.82, 2.24) is 0 Å². The van der Waals surface area contributed by atoms with Crippen molar-refractivity contribution in [3.8, 4) is 11.1 Å². The fraction of sp³-hybridized carbons (Fsp3) is 0.320. The quantitative estimate of drug-likeness (QED) is 0.404. The zero-order chi connectivity index (χ0) is 19.3. The monoisotopic (exact) mass is 488 g/mol. The summed E-state index contributed by atoms with van der Waals surface area (Å²) in [4.78, 5) is 0. The maximum absolute atomic E-state index is 3.36. The van der Waals surface area contributed by atoms with E-state index >= 15 is 0 Å². The van der Waals surface area contributed by atoms with Crippen molar-refractivity contribution in [2.75, 3.05) is 0 Å². The molecule has 28 heavy (non-hydrogen) atoms. The Labute approximate surface area is 198 Å². The van der Waals surface area contributed by atoms with Crippen LogP contribution in [0.3, 0.4) is 0 Å². The van der Waals surface area contributed by atoms with Crippen LogP contribution >= 0.6 is 0 Å². The summed E-state index contributed by atoms with van der Waals surface area (Å²) in [6.07, 6.45) is 4.41. The summed E-state index contributed by atoms with van der Waals surface area (Å²) in [6, 6.07) is 18.1. The maximum Gasteiger partial charge on any atom is -0.0253 e. The van der Waals surface area contributed by atoms with Gasteiger partial charge < -0.3 is 24.8 Å². The molecule has 2 aromatic rings. The third-order valence-corrected chi connectivity index (χ3v) is 4.85. The van der Waals surface area contributed by atoms with Gasteiger partial charge in [-0.1, -0.05) is 62.1 Å². The van der Waals surface area contributed by atoms with Crippen molar-refractivity contribution >= 4 is 3.21 Å². The van der Waals surface area contributed by atoms with Crippen LogP contribution in [0.4, 0.5) is 0 Å². The first-order valence-corrected chi connectivity index (χ1v) is 10.4. The molecular weight excluding hydrogens is 462 g/mol. The average molecular weight is 491 g/mol. The minimum Gasteiger partial charge on any atom is -1.00 e. The zero-order valence-corrected chi connectivity index (χ0v) is 21.6. The second kappa shape index (κ2) is 12.7. The molecule has 0 aliphatic heterocycles. The van der Waals surface area contributed by atoms with Gasteiger partial charge in [0.25, 0.3) is 0 Å². The van der Waals surface area contributed by atoms with E-state index in [0.717, 1.165) is 6.42 Å². The van der Waals surface area contributed by atoms with Crippen LogP contribution in [0.15, 0.2) is 59.2 Å². The zero-order valence-electron chi connectivity index (χ0n) is 17.6. The molecule has 0 radical (unpaired) electrons. The second-order valence-electron chi connectivity index (χ2n) is 7.20. The first-order valence-electron chi connectivity index (χ1n) is 9.18. The van der Waals surface area contributed by atoms with Gasteiger partial charge in [-0.25, -0.2) is 5.57 Å². The Morgan fingerprint density at radius 3 is 2.04 bits per heavy atom. The Balaban J connectivity index is 0.000000432. The third kappa shape index (κ3) is 7.25. The van der Waals surface area contributed by atoms with Crippen LogP contribution in [-0.4, -0.2) is 3.21 Å². The molecule has 2 aliphatic rings. The molecule has 1 unspecified atom stereocenters. The molecule has 0 bridgehead atoms. The fourth-order valence-electron chi connectivity index (χ4n) is 3.16. The van der Waals surface area contributed by atoms with Gasteiger partial charge in [-0.05, 0) is 6.42 Å². The van der Waals surface area contributed by atoms with Crippen LogP contribution in [-0.2, 0) is 30.7 Å². The van der Waals surface area contributed by atoms with Gasteiger partial charge in [-0.15, -0.1) is 12.5 Å². The third-order valence-electron chi connectivity index (χ3n) is 4.85. The number of hydrogen-bond acceptors (Lipinski definition) is 0. The molecule has 0 nitrogen and oxygen atoms in total. The van der Waals surface area contributed by atoms with Gasteiger partial charge in [0.15, 0.2) is 0 Å². The number of rotatable bonds is 0. The van der Waals surface area contributed by atoms with Gasteiger partial charge in [0.05, 0.1) is 0 Å². The molecule has 3 heteroatoms. The van der Waals surface area contributed by atoms with E-state index in [2.05, 4.69) is 90.1 Å². The van der Waals surface area contributed by atoms with Gasteiger partial charge in [0.1, 0.15) is 0 Å². The summed E-state index contributed by atoms with van der Waals surface area (Å²) in [6.45, 7) is 12.9. The van der Waals surface area contributed by atoms with E-state index in [1.807, 2.05) is 6.07 Å². The van der Waals surface area contributed by atoms with Gasteiger partial charge in [-0.2, -0.15) is 41.0 Å². The van der Waals surface area contributed by atoms with Crippen molar-refractivity contribution < 1.29 is 49.0 Å². The molecule has 0 saturated heterocycles. The summed E-state index contributed by atoms with van der Waals surface area (Å²) in [5.41, 5.74) is 9.76. The van der Waals surface area contributed by atoms with Crippen LogP contribution in [0.25, 0.3) is 11.1 Å². The molecule has 2 aromatic carbocycles. The van der Waals surface area contributed by atoms with E-state index in [9.17, 15) is 0 Å². The predicted molar refractivity (Wildman–Crippen MR) is 110 cm³/mol. The minimum absolute atomic E-state index is 0. The molecule has 0 N–H and O–H groups in total. The van der Waals surface area contributed by atoms with Crippen molar-refractivity contribution in [3.63, 3.8) is 0 Å². The minimum atomic E-state index is 0. The normalized spacial score (nSPS) is 15.4. The summed E-state index contributed by atoms with van der Waals surface area (Å²) in [7, 11) is 0. The van der Waals surface area contributed by atoms with Crippen LogP contribution in [0, 0.1) is 18.1 Å². The van der Waals surface area contributed by atoms with Gasteiger partial charge in [0.2, 0.25) is 0 Å². The first kappa shape index (κ1) is 27.3. The average Bonchev–Trinajstić information content (AvgIpc) is 3.08.